The van der Waals surface area contributed by atoms with E-state index < -0.39 is 0 Å². The highest BCUT2D eigenvalue weighted by molar-refractivity contribution is 7.59. The summed E-state index contributed by atoms with van der Waals surface area (Å²) in [6, 6.07) is 8.34. The second kappa shape index (κ2) is 18.5. The van der Waals surface area contributed by atoms with Gasteiger partial charge in [-0.1, -0.05) is 40.8 Å². The third kappa shape index (κ3) is 10.5. The minimum absolute atomic E-state index is 0. The van der Waals surface area contributed by atoms with Crippen molar-refractivity contribution < 1.29 is 9.15 Å². The Morgan fingerprint density at radius 1 is 1.25 bits per heavy atom. The molecule has 0 aliphatic carbocycles. The summed E-state index contributed by atoms with van der Waals surface area (Å²) in [5.41, 5.74) is 4.94. The van der Waals surface area contributed by atoms with Crippen LogP contribution in [-0.2, 0) is 11.2 Å². The van der Waals surface area contributed by atoms with Gasteiger partial charge in [-0.15, -0.1) is 11.3 Å². The third-order valence-electron chi connectivity index (χ3n) is 4.25. The molecule has 0 bridgehead atoms. The predicted octanol–water partition coefficient (Wildman–Crippen LogP) is 8.22. The van der Waals surface area contributed by atoms with Crippen LogP contribution in [0.3, 0.4) is 0 Å². The molecule has 3 aromatic rings. The molecule has 0 aromatic carbocycles. The number of furan rings is 1. The molecule has 3 aromatic heterocycles. The molecule has 0 unspecified atom stereocenters. The molecule has 1 N–H and O–H groups in total. The number of fused-ring (bicyclic) bond motifs is 1. The molecule has 0 fully saturated rings. The molecule has 4 heterocycles. The van der Waals surface area contributed by atoms with Crippen LogP contribution in [0.5, 0.6) is 0 Å². The van der Waals surface area contributed by atoms with Crippen LogP contribution >= 0.6 is 24.8 Å². The van der Waals surface area contributed by atoms with Gasteiger partial charge in [-0.2, -0.15) is 13.5 Å². The summed E-state index contributed by atoms with van der Waals surface area (Å²) in [5.74, 6) is 1.84. The lowest BCUT2D eigenvalue weighted by Gasteiger charge is -2.13. The average molecular weight is 479 g/mol. The highest BCUT2D eigenvalue weighted by Crippen LogP contribution is 2.31. The van der Waals surface area contributed by atoms with E-state index in [2.05, 4.69) is 46.1 Å². The first-order valence-corrected chi connectivity index (χ1v) is 11.5. The van der Waals surface area contributed by atoms with E-state index in [9.17, 15) is 0 Å². The summed E-state index contributed by atoms with van der Waals surface area (Å²) in [6.45, 7) is 15.8. The number of methoxy groups -OCH3 is 1. The standard InChI is InChI=1S/C11H11NS.C9H11NO.C3H8O.C2H6.CH4.H2S/c1-2-9-6-11(13-8-9)10-4-3-5-12-7-10;1-6-3-4-10-9-8(6)5-7(2)11-9;1-3-4-2;1-2;;/h3-8H,2H2,1H3;5,10H,1,3-4H2,2H3;3H2,1-2H3;1-2H3;1H4;1H2. The van der Waals surface area contributed by atoms with Gasteiger partial charge in [-0.3, -0.25) is 4.98 Å². The van der Waals surface area contributed by atoms with Gasteiger partial charge in [-0.05, 0) is 61.4 Å². The minimum Gasteiger partial charge on any atom is -0.445 e. The topological polar surface area (TPSA) is 47.3 Å². The molecule has 32 heavy (non-hydrogen) atoms. The maximum absolute atomic E-state index is 5.40. The summed E-state index contributed by atoms with van der Waals surface area (Å²) < 4.78 is 9.95. The van der Waals surface area contributed by atoms with Gasteiger partial charge < -0.3 is 14.5 Å². The number of ether oxygens (including phenoxy) is 1. The first-order valence-electron chi connectivity index (χ1n) is 10.6. The van der Waals surface area contributed by atoms with Crippen LogP contribution in [0.15, 0.2) is 53.0 Å². The van der Waals surface area contributed by atoms with E-state index in [1.165, 1.54) is 21.6 Å². The molecule has 0 amide bonds. The van der Waals surface area contributed by atoms with Crippen LogP contribution in [0.2, 0.25) is 0 Å². The quantitative estimate of drug-likeness (QED) is 0.412. The molecule has 4 nitrogen and oxygen atoms in total. The second-order valence-electron chi connectivity index (χ2n) is 6.37. The fraction of sp³-hybridized carbons (Fsp3) is 0.423. The van der Waals surface area contributed by atoms with Crippen molar-refractivity contribution in [3.8, 4) is 10.4 Å². The molecular weight excluding hydrogens is 436 g/mol. The summed E-state index contributed by atoms with van der Waals surface area (Å²) in [6.07, 6.45) is 5.84. The van der Waals surface area contributed by atoms with Gasteiger partial charge in [0.15, 0.2) is 0 Å². The monoisotopic (exact) mass is 478 g/mol. The zero-order chi connectivity index (χ0) is 22.4. The molecule has 0 saturated carbocycles. The van der Waals surface area contributed by atoms with Crippen molar-refractivity contribution in [1.29, 1.82) is 0 Å². The van der Waals surface area contributed by atoms with Crippen molar-refractivity contribution >= 4 is 36.3 Å². The number of hydrogen-bond donors (Lipinski definition) is 1. The van der Waals surface area contributed by atoms with Crippen LogP contribution in [0, 0.1) is 6.92 Å². The van der Waals surface area contributed by atoms with Gasteiger partial charge >= 0.3 is 0 Å². The Balaban J connectivity index is 0. The fourth-order valence-corrected chi connectivity index (χ4v) is 3.58. The first-order chi connectivity index (χ1) is 14.6. The summed E-state index contributed by atoms with van der Waals surface area (Å²) in [4.78, 5) is 5.41. The summed E-state index contributed by atoms with van der Waals surface area (Å²) in [7, 11) is 1.68. The number of aromatic nitrogens is 1. The predicted molar refractivity (Wildman–Crippen MR) is 149 cm³/mol. The van der Waals surface area contributed by atoms with Crippen molar-refractivity contribution in [1.82, 2.24) is 4.98 Å². The van der Waals surface area contributed by atoms with E-state index in [1.54, 1.807) is 24.6 Å². The lowest BCUT2D eigenvalue weighted by atomic mass is 10.0. The Hall–Kier alpha value is -2.02. The first kappa shape index (κ1) is 32.2. The molecule has 0 spiro atoms. The van der Waals surface area contributed by atoms with Gasteiger partial charge in [0.1, 0.15) is 5.76 Å². The number of thiophene rings is 1. The lowest BCUT2D eigenvalue weighted by molar-refractivity contribution is 0.215. The van der Waals surface area contributed by atoms with E-state index >= 15 is 0 Å². The van der Waals surface area contributed by atoms with Gasteiger partial charge in [0.2, 0.25) is 5.88 Å². The van der Waals surface area contributed by atoms with Crippen LogP contribution in [0.4, 0.5) is 5.88 Å². The Morgan fingerprint density at radius 3 is 2.44 bits per heavy atom. The Bertz CT molecular complexity index is 856. The summed E-state index contributed by atoms with van der Waals surface area (Å²) >= 11 is 1.79. The molecule has 6 heteroatoms. The number of pyridine rings is 1. The van der Waals surface area contributed by atoms with Crippen molar-refractivity contribution in [3.05, 3.63) is 65.5 Å². The van der Waals surface area contributed by atoms with E-state index in [4.69, 9.17) is 4.42 Å². The normalized spacial score (nSPS) is 10.8. The number of aryl methyl sites for hydroxylation is 2. The van der Waals surface area contributed by atoms with Crippen LogP contribution in [-0.4, -0.2) is 25.2 Å². The highest BCUT2D eigenvalue weighted by atomic mass is 32.1. The second-order valence-corrected chi connectivity index (χ2v) is 7.28. The van der Waals surface area contributed by atoms with Gasteiger partial charge in [0.25, 0.3) is 0 Å². The van der Waals surface area contributed by atoms with Crippen LogP contribution in [0.1, 0.15) is 58.4 Å². The Labute approximate surface area is 206 Å². The van der Waals surface area contributed by atoms with E-state index in [-0.39, 0.29) is 20.9 Å². The van der Waals surface area contributed by atoms with Gasteiger partial charge in [-0.25, -0.2) is 0 Å². The average Bonchev–Trinajstić information content (AvgIpc) is 3.43. The zero-order valence-corrected chi connectivity index (χ0v) is 21.6. The zero-order valence-electron chi connectivity index (χ0n) is 19.7. The van der Waals surface area contributed by atoms with Crippen molar-refractivity contribution in [2.45, 2.75) is 54.9 Å². The number of nitrogens with zero attached hydrogens (tertiary/aromatic N) is 1. The number of anilines is 1. The van der Waals surface area contributed by atoms with E-state index in [1.807, 2.05) is 46.0 Å². The number of nitrogens with one attached hydrogen (secondary N) is 1. The molecule has 0 radical (unpaired) electrons. The largest absolute Gasteiger partial charge is 0.445 e. The van der Waals surface area contributed by atoms with Crippen molar-refractivity contribution in [3.63, 3.8) is 0 Å². The van der Waals surface area contributed by atoms with Crippen molar-refractivity contribution in [2.75, 3.05) is 25.6 Å². The number of rotatable bonds is 3. The van der Waals surface area contributed by atoms with Gasteiger partial charge in [0.05, 0.1) is 0 Å². The fourth-order valence-electron chi connectivity index (χ4n) is 2.59. The molecule has 180 valence electrons. The van der Waals surface area contributed by atoms with Crippen LogP contribution in [0.25, 0.3) is 16.0 Å². The molecular formula is C26H42N2O2S2. The molecule has 1 aliphatic heterocycles. The Kier molecular flexibility index (Phi) is 18.6. The number of hydrogen-bond acceptors (Lipinski definition) is 5. The lowest BCUT2D eigenvalue weighted by Crippen LogP contribution is -2.08. The third-order valence-corrected chi connectivity index (χ3v) is 5.27. The van der Waals surface area contributed by atoms with Gasteiger partial charge in [0, 0.05) is 48.7 Å². The molecule has 4 rings (SSSR count). The smallest absolute Gasteiger partial charge is 0.200 e. The maximum atomic E-state index is 5.40. The molecule has 0 atom stereocenters. The molecule has 0 saturated heterocycles. The van der Waals surface area contributed by atoms with E-state index in [0.29, 0.717) is 0 Å². The minimum atomic E-state index is 0. The highest BCUT2D eigenvalue weighted by Gasteiger charge is 2.15. The summed E-state index contributed by atoms with van der Waals surface area (Å²) in [5, 5.41) is 5.40. The molecule has 1 aliphatic rings. The van der Waals surface area contributed by atoms with E-state index in [0.717, 1.165) is 43.2 Å². The van der Waals surface area contributed by atoms with Crippen LogP contribution < -0.4 is 5.32 Å². The maximum Gasteiger partial charge on any atom is 0.200 e. The van der Waals surface area contributed by atoms with Crippen molar-refractivity contribution in [2.24, 2.45) is 0 Å². The Morgan fingerprint density at radius 2 is 1.94 bits per heavy atom. The SMILES string of the molecule is C.C=C1CCNc2oc(C)cc21.CC.CCOC.CCc1csc(-c2cccnc2)c1.S.